The van der Waals surface area contributed by atoms with Gasteiger partial charge in [0.15, 0.2) is 0 Å². The van der Waals surface area contributed by atoms with Crippen molar-refractivity contribution < 1.29 is 14.9 Å². The standard InChI is InChI=1S/C10H15NO3/c1-7-2-3-8(11)4-10(7)14-6-9(13)5-12/h2-4,9,12-13H,5-6,11H2,1H3. The first kappa shape index (κ1) is 10.8. The topological polar surface area (TPSA) is 75.7 Å². The largest absolute Gasteiger partial charge is 0.490 e. The highest BCUT2D eigenvalue weighted by Gasteiger charge is 2.05. The lowest BCUT2D eigenvalue weighted by Crippen LogP contribution is -2.21. The average Bonchev–Trinajstić information content (AvgIpc) is 2.19. The number of ether oxygens (including phenoxy) is 1. The van der Waals surface area contributed by atoms with Crippen LogP contribution >= 0.6 is 0 Å². The van der Waals surface area contributed by atoms with Gasteiger partial charge >= 0.3 is 0 Å². The van der Waals surface area contributed by atoms with Gasteiger partial charge in [-0.1, -0.05) is 6.07 Å². The molecule has 0 saturated carbocycles. The molecule has 0 radical (unpaired) electrons. The maximum atomic E-state index is 9.07. The van der Waals surface area contributed by atoms with Crippen LogP contribution < -0.4 is 10.5 Å². The molecule has 0 amide bonds. The molecule has 14 heavy (non-hydrogen) atoms. The lowest BCUT2D eigenvalue weighted by Gasteiger charge is -2.12. The summed E-state index contributed by atoms with van der Waals surface area (Å²) in [4.78, 5) is 0. The molecule has 4 N–H and O–H groups in total. The number of aryl methyl sites for hydroxylation is 1. The van der Waals surface area contributed by atoms with Gasteiger partial charge in [0.25, 0.3) is 0 Å². The number of aliphatic hydroxyl groups is 2. The highest BCUT2D eigenvalue weighted by atomic mass is 16.5. The predicted octanol–water partition coefficient (Wildman–Crippen LogP) is 0.309. The van der Waals surface area contributed by atoms with Gasteiger partial charge < -0.3 is 20.7 Å². The summed E-state index contributed by atoms with van der Waals surface area (Å²) in [6, 6.07) is 5.32. The third-order valence-electron chi connectivity index (χ3n) is 1.85. The Morgan fingerprint density at radius 2 is 2.21 bits per heavy atom. The average molecular weight is 197 g/mol. The van der Waals surface area contributed by atoms with Crippen molar-refractivity contribution in [2.75, 3.05) is 18.9 Å². The van der Waals surface area contributed by atoms with E-state index in [-0.39, 0.29) is 13.2 Å². The summed E-state index contributed by atoms with van der Waals surface area (Å²) in [5.41, 5.74) is 7.14. The van der Waals surface area contributed by atoms with E-state index in [9.17, 15) is 0 Å². The molecular weight excluding hydrogens is 182 g/mol. The Hall–Kier alpha value is -1.26. The van der Waals surface area contributed by atoms with Crippen molar-refractivity contribution >= 4 is 5.69 Å². The number of aliphatic hydroxyl groups excluding tert-OH is 2. The third-order valence-corrected chi connectivity index (χ3v) is 1.85. The van der Waals surface area contributed by atoms with Crippen molar-refractivity contribution in [3.05, 3.63) is 23.8 Å². The van der Waals surface area contributed by atoms with Gasteiger partial charge in [0.05, 0.1) is 6.61 Å². The Kier molecular flexibility index (Phi) is 3.73. The second kappa shape index (κ2) is 4.83. The SMILES string of the molecule is Cc1ccc(N)cc1OCC(O)CO. The van der Waals surface area contributed by atoms with Gasteiger partial charge in [0.2, 0.25) is 0 Å². The van der Waals surface area contributed by atoms with Gasteiger partial charge in [-0.05, 0) is 18.6 Å². The van der Waals surface area contributed by atoms with Gasteiger partial charge in [-0.3, -0.25) is 0 Å². The molecule has 1 aromatic rings. The van der Waals surface area contributed by atoms with Gasteiger partial charge in [-0.25, -0.2) is 0 Å². The molecule has 0 bridgehead atoms. The summed E-state index contributed by atoms with van der Waals surface area (Å²) in [5.74, 6) is 0.637. The summed E-state index contributed by atoms with van der Waals surface area (Å²) in [6.45, 7) is 1.66. The molecule has 0 aromatic heterocycles. The fourth-order valence-electron chi connectivity index (χ4n) is 1.01. The van der Waals surface area contributed by atoms with Crippen molar-refractivity contribution in [3.63, 3.8) is 0 Å². The molecule has 1 aromatic carbocycles. The van der Waals surface area contributed by atoms with Crippen LogP contribution in [0.25, 0.3) is 0 Å². The molecule has 78 valence electrons. The maximum absolute atomic E-state index is 9.07. The van der Waals surface area contributed by atoms with Crippen LogP contribution in [0.15, 0.2) is 18.2 Å². The van der Waals surface area contributed by atoms with E-state index in [1.54, 1.807) is 12.1 Å². The van der Waals surface area contributed by atoms with E-state index in [2.05, 4.69) is 0 Å². The number of nitrogens with two attached hydrogens (primary N) is 1. The van der Waals surface area contributed by atoms with E-state index in [0.29, 0.717) is 11.4 Å². The Bertz CT molecular complexity index is 301. The molecule has 0 fully saturated rings. The third kappa shape index (κ3) is 2.90. The molecule has 1 unspecified atom stereocenters. The molecular formula is C10H15NO3. The molecule has 1 rings (SSSR count). The smallest absolute Gasteiger partial charge is 0.124 e. The van der Waals surface area contributed by atoms with E-state index < -0.39 is 6.10 Å². The van der Waals surface area contributed by atoms with Crippen LogP contribution in [0.3, 0.4) is 0 Å². The fraction of sp³-hybridized carbons (Fsp3) is 0.400. The van der Waals surface area contributed by atoms with Gasteiger partial charge in [-0.2, -0.15) is 0 Å². The van der Waals surface area contributed by atoms with E-state index in [4.69, 9.17) is 20.7 Å². The van der Waals surface area contributed by atoms with Gasteiger partial charge in [0.1, 0.15) is 18.5 Å². The minimum absolute atomic E-state index is 0.0702. The lowest BCUT2D eigenvalue weighted by molar-refractivity contribution is 0.0534. The normalized spacial score (nSPS) is 12.5. The molecule has 0 saturated heterocycles. The number of nitrogen functional groups attached to an aromatic ring is 1. The second-order valence-corrected chi connectivity index (χ2v) is 3.17. The first-order chi connectivity index (χ1) is 6.63. The zero-order valence-corrected chi connectivity index (χ0v) is 8.10. The van der Waals surface area contributed by atoms with Gasteiger partial charge in [-0.15, -0.1) is 0 Å². The van der Waals surface area contributed by atoms with Crippen LogP contribution in [-0.2, 0) is 0 Å². The molecule has 4 nitrogen and oxygen atoms in total. The van der Waals surface area contributed by atoms with E-state index in [1.165, 1.54) is 0 Å². The Balaban J connectivity index is 2.62. The number of hydrogen-bond acceptors (Lipinski definition) is 4. The van der Waals surface area contributed by atoms with E-state index in [1.807, 2.05) is 13.0 Å². The van der Waals surface area contributed by atoms with Crippen LogP contribution in [0.4, 0.5) is 5.69 Å². The molecule has 0 aliphatic carbocycles. The Morgan fingerprint density at radius 3 is 2.86 bits per heavy atom. The number of hydrogen-bond donors (Lipinski definition) is 3. The van der Waals surface area contributed by atoms with Crippen molar-refractivity contribution in [1.82, 2.24) is 0 Å². The number of benzene rings is 1. The highest BCUT2D eigenvalue weighted by Crippen LogP contribution is 2.20. The van der Waals surface area contributed by atoms with Crippen LogP contribution in [-0.4, -0.2) is 29.5 Å². The zero-order chi connectivity index (χ0) is 10.6. The minimum atomic E-state index is -0.851. The fourth-order valence-corrected chi connectivity index (χ4v) is 1.01. The predicted molar refractivity (Wildman–Crippen MR) is 54.2 cm³/mol. The van der Waals surface area contributed by atoms with Crippen molar-refractivity contribution in [1.29, 1.82) is 0 Å². The molecule has 0 aliphatic rings. The first-order valence-electron chi connectivity index (χ1n) is 4.41. The summed E-state index contributed by atoms with van der Waals surface area (Å²) in [6.07, 6.45) is -0.851. The zero-order valence-electron chi connectivity index (χ0n) is 8.10. The molecule has 0 heterocycles. The highest BCUT2D eigenvalue weighted by molar-refractivity contribution is 5.47. The molecule has 0 aliphatic heterocycles. The molecule has 4 heteroatoms. The van der Waals surface area contributed by atoms with E-state index >= 15 is 0 Å². The number of anilines is 1. The molecule has 0 spiro atoms. The summed E-state index contributed by atoms with van der Waals surface area (Å²) < 4.78 is 5.28. The van der Waals surface area contributed by atoms with Crippen LogP contribution in [0.1, 0.15) is 5.56 Å². The monoisotopic (exact) mass is 197 g/mol. The van der Waals surface area contributed by atoms with Crippen molar-refractivity contribution in [3.8, 4) is 5.75 Å². The lowest BCUT2D eigenvalue weighted by atomic mass is 10.2. The quantitative estimate of drug-likeness (QED) is 0.607. The minimum Gasteiger partial charge on any atom is -0.490 e. The Morgan fingerprint density at radius 1 is 1.50 bits per heavy atom. The van der Waals surface area contributed by atoms with Crippen molar-refractivity contribution in [2.24, 2.45) is 0 Å². The van der Waals surface area contributed by atoms with Crippen LogP contribution in [0, 0.1) is 6.92 Å². The van der Waals surface area contributed by atoms with E-state index in [0.717, 1.165) is 5.56 Å². The van der Waals surface area contributed by atoms with Crippen LogP contribution in [0.5, 0.6) is 5.75 Å². The Labute approximate surface area is 82.9 Å². The summed E-state index contributed by atoms with van der Waals surface area (Å²) >= 11 is 0. The second-order valence-electron chi connectivity index (χ2n) is 3.17. The van der Waals surface area contributed by atoms with Crippen molar-refractivity contribution in [2.45, 2.75) is 13.0 Å². The number of rotatable bonds is 4. The summed E-state index contributed by atoms with van der Waals surface area (Å²) in [7, 11) is 0. The van der Waals surface area contributed by atoms with Gasteiger partial charge in [0, 0.05) is 11.8 Å². The van der Waals surface area contributed by atoms with Crippen LogP contribution in [0.2, 0.25) is 0 Å². The summed E-state index contributed by atoms with van der Waals surface area (Å²) in [5, 5.41) is 17.7. The maximum Gasteiger partial charge on any atom is 0.124 e. The molecule has 1 atom stereocenters. The first-order valence-corrected chi connectivity index (χ1v) is 4.41.